The van der Waals surface area contributed by atoms with Gasteiger partial charge in [0.15, 0.2) is 0 Å². The summed E-state index contributed by atoms with van der Waals surface area (Å²) >= 11 is 2.80. The van der Waals surface area contributed by atoms with Crippen LogP contribution in [-0.4, -0.2) is 27.3 Å². The Balaban J connectivity index is 1.42. The largest absolute Gasteiger partial charge is 0.497 e. The summed E-state index contributed by atoms with van der Waals surface area (Å²) in [4.78, 5) is 9.64. The van der Waals surface area contributed by atoms with Gasteiger partial charge >= 0.3 is 0 Å². The van der Waals surface area contributed by atoms with E-state index in [2.05, 4.69) is 20.2 Å². The predicted octanol–water partition coefficient (Wildman–Crippen LogP) is 5.63. The molecule has 0 saturated carbocycles. The number of fused-ring (bicyclic) bond motifs is 1. The summed E-state index contributed by atoms with van der Waals surface area (Å²) in [5, 5.41) is 12.3. The molecule has 6 nitrogen and oxygen atoms in total. The third kappa shape index (κ3) is 4.14. The zero-order valence-electron chi connectivity index (χ0n) is 16.3. The second-order valence-electron chi connectivity index (χ2n) is 6.60. The first kappa shape index (κ1) is 19.7. The fourth-order valence-electron chi connectivity index (χ4n) is 3.12. The van der Waals surface area contributed by atoms with E-state index in [0.29, 0.717) is 22.6 Å². The van der Waals surface area contributed by atoms with E-state index in [1.54, 1.807) is 19.2 Å². The maximum atomic E-state index is 13.3. The molecule has 154 valence electrons. The van der Waals surface area contributed by atoms with E-state index in [9.17, 15) is 4.39 Å². The molecule has 31 heavy (non-hydrogen) atoms. The summed E-state index contributed by atoms with van der Waals surface area (Å²) in [6.45, 7) is 0. The van der Waals surface area contributed by atoms with Crippen molar-refractivity contribution in [2.45, 2.75) is 16.7 Å². The van der Waals surface area contributed by atoms with Gasteiger partial charge in [-0.3, -0.25) is 0 Å². The highest BCUT2D eigenvalue weighted by Gasteiger charge is 2.17. The highest BCUT2D eigenvalue weighted by Crippen LogP contribution is 2.39. The molecule has 0 aliphatic rings. The molecule has 0 saturated heterocycles. The van der Waals surface area contributed by atoms with E-state index in [0.717, 1.165) is 32.7 Å². The highest BCUT2D eigenvalue weighted by molar-refractivity contribution is 7.99. The van der Waals surface area contributed by atoms with E-state index in [1.807, 2.05) is 29.6 Å². The lowest BCUT2D eigenvalue weighted by Gasteiger charge is -2.03. The Kier molecular flexibility index (Phi) is 5.35. The van der Waals surface area contributed by atoms with Gasteiger partial charge in [-0.2, -0.15) is 0 Å². The maximum Gasteiger partial charge on any atom is 0.282 e. The minimum Gasteiger partial charge on any atom is -0.497 e. The molecule has 0 amide bonds. The molecular weight excluding hydrogens is 435 g/mol. The number of benzene rings is 2. The Bertz CT molecular complexity index is 1330. The van der Waals surface area contributed by atoms with Gasteiger partial charge < -0.3 is 9.15 Å². The van der Waals surface area contributed by atoms with Crippen LogP contribution >= 0.6 is 23.1 Å². The van der Waals surface area contributed by atoms with Crippen LogP contribution in [0.2, 0.25) is 0 Å². The lowest BCUT2D eigenvalue weighted by Crippen LogP contribution is -1.89. The SMILES string of the molecule is COc1ccc(Cc2nnc(Sc3ncnc4scc(-c5ccc(F)cc5)c34)o2)cc1. The van der Waals surface area contributed by atoms with Gasteiger partial charge in [-0.15, -0.1) is 21.5 Å². The van der Waals surface area contributed by atoms with Crippen molar-refractivity contribution in [3.63, 3.8) is 0 Å². The molecule has 3 heterocycles. The molecule has 0 fully saturated rings. The number of ether oxygens (including phenoxy) is 1. The first-order chi connectivity index (χ1) is 15.2. The second kappa shape index (κ2) is 8.44. The molecule has 9 heteroatoms. The Morgan fingerprint density at radius 2 is 1.84 bits per heavy atom. The summed E-state index contributed by atoms with van der Waals surface area (Å²) < 4.78 is 24.4. The lowest BCUT2D eigenvalue weighted by molar-refractivity contribution is 0.413. The van der Waals surface area contributed by atoms with Crippen LogP contribution in [0.25, 0.3) is 21.3 Å². The van der Waals surface area contributed by atoms with E-state index < -0.39 is 0 Å². The monoisotopic (exact) mass is 450 g/mol. The Labute approximate surface area is 185 Å². The summed E-state index contributed by atoms with van der Waals surface area (Å²) in [5.74, 6) is 1.04. The van der Waals surface area contributed by atoms with Crippen LogP contribution in [0.4, 0.5) is 4.39 Å². The normalized spacial score (nSPS) is 11.2. The number of nitrogens with zero attached hydrogens (tertiary/aromatic N) is 4. The molecule has 5 rings (SSSR count). The Morgan fingerprint density at radius 1 is 1.03 bits per heavy atom. The summed E-state index contributed by atoms with van der Waals surface area (Å²) in [6, 6.07) is 14.1. The molecule has 0 radical (unpaired) electrons. The van der Waals surface area contributed by atoms with Crippen LogP contribution in [0.1, 0.15) is 11.5 Å². The topological polar surface area (TPSA) is 73.9 Å². The smallest absolute Gasteiger partial charge is 0.282 e. The van der Waals surface area contributed by atoms with Crippen LogP contribution in [0.5, 0.6) is 5.75 Å². The fraction of sp³-hybridized carbons (Fsp3) is 0.0909. The van der Waals surface area contributed by atoms with Crippen LogP contribution in [0.3, 0.4) is 0 Å². The van der Waals surface area contributed by atoms with Crippen molar-refractivity contribution in [1.29, 1.82) is 0 Å². The fourth-order valence-corrected chi connectivity index (χ4v) is 4.89. The van der Waals surface area contributed by atoms with Gasteiger partial charge in [0.2, 0.25) is 5.89 Å². The molecule has 0 bridgehead atoms. The number of thiophene rings is 1. The van der Waals surface area contributed by atoms with Gasteiger partial charge in [0.25, 0.3) is 5.22 Å². The molecular formula is C22H15FN4O2S2. The van der Waals surface area contributed by atoms with Gasteiger partial charge in [0.05, 0.1) is 18.9 Å². The quantitative estimate of drug-likeness (QED) is 0.310. The minimum atomic E-state index is -0.274. The lowest BCUT2D eigenvalue weighted by atomic mass is 10.1. The van der Waals surface area contributed by atoms with E-state index >= 15 is 0 Å². The van der Waals surface area contributed by atoms with Crippen molar-refractivity contribution in [1.82, 2.24) is 20.2 Å². The zero-order valence-corrected chi connectivity index (χ0v) is 17.9. The van der Waals surface area contributed by atoms with Crippen molar-refractivity contribution in [3.05, 3.63) is 77.5 Å². The molecule has 0 unspecified atom stereocenters. The number of hydrogen-bond donors (Lipinski definition) is 0. The van der Waals surface area contributed by atoms with Crippen molar-refractivity contribution < 1.29 is 13.5 Å². The Hall–Kier alpha value is -3.30. The number of hydrogen-bond acceptors (Lipinski definition) is 8. The highest BCUT2D eigenvalue weighted by atomic mass is 32.2. The van der Waals surface area contributed by atoms with Gasteiger partial charge in [-0.25, -0.2) is 14.4 Å². The number of halogens is 1. The maximum absolute atomic E-state index is 13.3. The van der Waals surface area contributed by atoms with Crippen LogP contribution < -0.4 is 4.74 Å². The summed E-state index contributed by atoms with van der Waals surface area (Å²) in [5.41, 5.74) is 2.89. The van der Waals surface area contributed by atoms with E-state index in [-0.39, 0.29) is 5.82 Å². The molecule has 0 N–H and O–H groups in total. The van der Waals surface area contributed by atoms with Crippen LogP contribution in [0.15, 0.2) is 74.9 Å². The summed E-state index contributed by atoms with van der Waals surface area (Å²) in [7, 11) is 1.63. The first-order valence-electron chi connectivity index (χ1n) is 9.31. The average molecular weight is 451 g/mol. The van der Waals surface area contributed by atoms with Crippen molar-refractivity contribution in [2.75, 3.05) is 7.11 Å². The van der Waals surface area contributed by atoms with E-state index in [1.165, 1.54) is 41.6 Å². The van der Waals surface area contributed by atoms with Gasteiger partial charge in [0.1, 0.15) is 27.8 Å². The van der Waals surface area contributed by atoms with Gasteiger partial charge in [-0.05, 0) is 47.2 Å². The van der Waals surface area contributed by atoms with Crippen molar-refractivity contribution in [2.24, 2.45) is 0 Å². The second-order valence-corrected chi connectivity index (χ2v) is 8.40. The van der Waals surface area contributed by atoms with Gasteiger partial charge in [-0.1, -0.05) is 24.3 Å². The summed E-state index contributed by atoms with van der Waals surface area (Å²) in [6.07, 6.45) is 2.04. The molecule has 0 aliphatic carbocycles. The minimum absolute atomic E-state index is 0.274. The average Bonchev–Trinajstić information content (AvgIpc) is 3.42. The molecule has 2 aromatic carbocycles. The third-order valence-electron chi connectivity index (χ3n) is 4.64. The number of methoxy groups -OCH3 is 1. The number of rotatable bonds is 6. The molecule has 3 aromatic heterocycles. The Morgan fingerprint density at radius 3 is 2.61 bits per heavy atom. The van der Waals surface area contributed by atoms with Crippen LogP contribution in [0, 0.1) is 5.82 Å². The standard InChI is InChI=1S/C22H15FN4O2S2/c1-28-16-8-2-13(3-9-16)10-18-26-27-22(29-18)31-21-19-17(11-30-20(19)24-12-25-21)14-4-6-15(23)7-5-14/h2-9,11-12H,10H2,1H3. The molecule has 0 atom stereocenters. The molecule has 0 spiro atoms. The first-order valence-corrected chi connectivity index (χ1v) is 11.0. The molecule has 0 aliphatic heterocycles. The molecule has 5 aromatic rings. The number of aromatic nitrogens is 4. The zero-order chi connectivity index (χ0) is 21.2. The van der Waals surface area contributed by atoms with Gasteiger partial charge in [0, 0.05) is 10.9 Å². The predicted molar refractivity (Wildman–Crippen MR) is 117 cm³/mol. The van der Waals surface area contributed by atoms with Crippen molar-refractivity contribution >= 4 is 33.3 Å². The van der Waals surface area contributed by atoms with Crippen molar-refractivity contribution in [3.8, 4) is 16.9 Å². The van der Waals surface area contributed by atoms with E-state index in [4.69, 9.17) is 9.15 Å². The van der Waals surface area contributed by atoms with Crippen LogP contribution in [-0.2, 0) is 6.42 Å². The third-order valence-corrected chi connectivity index (χ3v) is 6.37.